The normalized spacial score (nSPS) is 12.2. The second-order valence-corrected chi connectivity index (χ2v) is 10.5. The molecule has 0 bridgehead atoms. The van der Waals surface area contributed by atoms with Crippen molar-refractivity contribution in [2.45, 2.75) is 85.0 Å². The maximum absolute atomic E-state index is 15.0. The van der Waals surface area contributed by atoms with E-state index in [2.05, 4.69) is 17.2 Å². The summed E-state index contributed by atoms with van der Waals surface area (Å²) in [6.07, 6.45) is 1.67. The van der Waals surface area contributed by atoms with Gasteiger partial charge in [0.1, 0.15) is 23.1 Å². The predicted molar refractivity (Wildman–Crippen MR) is 142 cm³/mol. The predicted octanol–water partition coefficient (Wildman–Crippen LogP) is 5.79. The van der Waals surface area contributed by atoms with Crippen molar-refractivity contribution >= 4 is 29.5 Å². The van der Waals surface area contributed by atoms with Crippen LogP contribution in [0.3, 0.4) is 0 Å². The third-order valence-electron chi connectivity index (χ3n) is 4.69. The van der Waals surface area contributed by atoms with Crippen LogP contribution in [0, 0.1) is 5.82 Å². The van der Waals surface area contributed by atoms with Crippen LogP contribution in [0.2, 0.25) is 0 Å². The Bertz CT molecular complexity index is 924. The van der Waals surface area contributed by atoms with E-state index in [4.69, 9.17) is 14.2 Å². The number of amides is 2. The first-order valence-electron chi connectivity index (χ1n) is 12.5. The molecule has 2 N–H and O–H groups in total. The van der Waals surface area contributed by atoms with Crippen LogP contribution in [0.1, 0.15) is 67.7 Å². The van der Waals surface area contributed by atoms with Crippen LogP contribution >= 0.6 is 0 Å². The fraction of sp³-hybridized carbons (Fsp3) is 0.593. The Kier molecular flexibility index (Phi) is 12.4. The van der Waals surface area contributed by atoms with Crippen LogP contribution in [0.5, 0.6) is 0 Å². The molecule has 0 saturated heterocycles. The number of para-hydroxylation sites is 1. The monoisotopic (exact) mass is 523 g/mol. The first-order valence-corrected chi connectivity index (χ1v) is 12.5. The fourth-order valence-corrected chi connectivity index (χ4v) is 3.20. The molecule has 1 atom stereocenters. The number of unbranched alkanes of at least 4 members (excludes halogenated alkanes) is 1. The van der Waals surface area contributed by atoms with Gasteiger partial charge in [0, 0.05) is 13.1 Å². The van der Waals surface area contributed by atoms with E-state index >= 15 is 4.39 Å². The quantitative estimate of drug-likeness (QED) is 0.155. The minimum absolute atomic E-state index is 0.0816. The van der Waals surface area contributed by atoms with E-state index in [1.165, 1.54) is 12.1 Å². The van der Waals surface area contributed by atoms with Gasteiger partial charge in [0.05, 0.1) is 18.0 Å². The lowest BCUT2D eigenvalue weighted by Gasteiger charge is -2.29. The minimum Gasteiger partial charge on any atom is -0.464 e. The molecule has 0 aliphatic heterocycles. The molecular formula is C27H42FN3O6. The van der Waals surface area contributed by atoms with Crippen molar-refractivity contribution in [1.29, 1.82) is 0 Å². The number of benzene rings is 1. The number of hydrogen-bond donors (Lipinski definition) is 2. The Balaban J connectivity index is 3.16. The van der Waals surface area contributed by atoms with Crippen LogP contribution in [0.4, 0.5) is 25.4 Å². The van der Waals surface area contributed by atoms with Gasteiger partial charge < -0.3 is 24.4 Å². The lowest BCUT2D eigenvalue weighted by molar-refractivity contribution is -0.146. The second-order valence-electron chi connectivity index (χ2n) is 10.5. The van der Waals surface area contributed by atoms with Crippen LogP contribution in [0.25, 0.3) is 0 Å². The number of rotatable bonds is 12. The molecule has 1 aromatic rings. The van der Waals surface area contributed by atoms with E-state index in [1.807, 2.05) is 6.92 Å². The van der Waals surface area contributed by atoms with Gasteiger partial charge in [-0.1, -0.05) is 25.5 Å². The van der Waals surface area contributed by atoms with E-state index in [0.717, 1.165) is 6.42 Å². The molecule has 10 heteroatoms. The van der Waals surface area contributed by atoms with Crippen molar-refractivity contribution in [2.24, 2.45) is 0 Å². The molecule has 1 aromatic carbocycles. The van der Waals surface area contributed by atoms with Gasteiger partial charge in [-0.25, -0.2) is 18.8 Å². The van der Waals surface area contributed by atoms with Crippen molar-refractivity contribution < 1.29 is 33.0 Å². The molecule has 0 radical (unpaired) electrons. The zero-order valence-electron chi connectivity index (χ0n) is 23.1. The lowest BCUT2D eigenvalue weighted by atomic mass is 10.1. The third kappa shape index (κ3) is 12.5. The first kappa shape index (κ1) is 31.7. The molecule has 0 saturated carbocycles. The number of carbonyl (C=O) groups excluding carboxylic acids is 3. The minimum atomic E-state index is -1.03. The number of carbonyl (C=O) groups is 3. The van der Waals surface area contributed by atoms with Gasteiger partial charge in [0.25, 0.3) is 0 Å². The SMILES string of the molecule is C=CCN(CC[C@H](NC(=O)OC(C)(C)C)C(=O)OCCCC)c1c(F)cccc1NC(=O)OC(C)(C)C. The number of halogens is 1. The van der Waals surface area contributed by atoms with Crippen LogP contribution < -0.4 is 15.5 Å². The van der Waals surface area contributed by atoms with Gasteiger partial charge in [-0.05, 0) is 66.5 Å². The van der Waals surface area contributed by atoms with Gasteiger partial charge in [-0.3, -0.25) is 5.32 Å². The number of ether oxygens (including phenoxy) is 3. The highest BCUT2D eigenvalue weighted by Crippen LogP contribution is 2.30. The summed E-state index contributed by atoms with van der Waals surface area (Å²) in [6.45, 7) is 16.6. The molecule has 0 heterocycles. The number of hydrogen-bond acceptors (Lipinski definition) is 7. The summed E-state index contributed by atoms with van der Waals surface area (Å²) in [4.78, 5) is 39.1. The van der Waals surface area contributed by atoms with Gasteiger partial charge in [-0.2, -0.15) is 0 Å². The molecule has 0 aliphatic rings. The largest absolute Gasteiger partial charge is 0.464 e. The van der Waals surface area contributed by atoms with Gasteiger partial charge in [0.2, 0.25) is 0 Å². The zero-order valence-corrected chi connectivity index (χ0v) is 23.1. The number of esters is 1. The summed E-state index contributed by atoms with van der Waals surface area (Å²) in [5.41, 5.74) is -1.20. The molecule has 0 aliphatic carbocycles. The molecular weight excluding hydrogens is 481 g/mol. The Labute approximate surface area is 219 Å². The highest BCUT2D eigenvalue weighted by atomic mass is 19.1. The molecule has 0 fully saturated rings. The van der Waals surface area contributed by atoms with Crippen molar-refractivity contribution in [1.82, 2.24) is 5.32 Å². The van der Waals surface area contributed by atoms with Crippen molar-refractivity contribution in [3.05, 3.63) is 36.7 Å². The second kappa shape index (κ2) is 14.4. The molecule has 2 amide bonds. The van der Waals surface area contributed by atoms with E-state index in [9.17, 15) is 14.4 Å². The summed E-state index contributed by atoms with van der Waals surface area (Å²) in [7, 11) is 0. The van der Waals surface area contributed by atoms with E-state index in [1.54, 1.807) is 58.6 Å². The highest BCUT2D eigenvalue weighted by Gasteiger charge is 2.27. The smallest absolute Gasteiger partial charge is 0.412 e. The topological polar surface area (TPSA) is 106 Å². The Morgan fingerprint density at radius 1 is 1.08 bits per heavy atom. The molecule has 0 aromatic heterocycles. The van der Waals surface area contributed by atoms with Crippen LogP contribution in [0.15, 0.2) is 30.9 Å². The van der Waals surface area contributed by atoms with Crippen molar-refractivity contribution in [3.63, 3.8) is 0 Å². The molecule has 0 spiro atoms. The van der Waals surface area contributed by atoms with Crippen molar-refractivity contribution in [2.75, 3.05) is 29.9 Å². The third-order valence-corrected chi connectivity index (χ3v) is 4.69. The van der Waals surface area contributed by atoms with E-state index in [0.29, 0.717) is 6.42 Å². The number of nitrogens with zero attached hydrogens (tertiary/aromatic N) is 1. The van der Waals surface area contributed by atoms with Gasteiger partial charge >= 0.3 is 18.2 Å². The average molecular weight is 524 g/mol. The molecule has 0 unspecified atom stereocenters. The first-order chi connectivity index (χ1) is 17.2. The molecule has 208 valence electrons. The van der Waals surface area contributed by atoms with E-state index in [-0.39, 0.29) is 37.5 Å². The molecule has 9 nitrogen and oxygen atoms in total. The molecule has 37 heavy (non-hydrogen) atoms. The van der Waals surface area contributed by atoms with Gasteiger partial charge in [-0.15, -0.1) is 6.58 Å². The number of alkyl carbamates (subject to hydrolysis) is 1. The lowest BCUT2D eigenvalue weighted by Crippen LogP contribution is -2.46. The number of nitrogens with one attached hydrogen (secondary N) is 2. The van der Waals surface area contributed by atoms with Crippen molar-refractivity contribution in [3.8, 4) is 0 Å². The fourth-order valence-electron chi connectivity index (χ4n) is 3.20. The van der Waals surface area contributed by atoms with Crippen LogP contribution in [-0.2, 0) is 19.0 Å². The van der Waals surface area contributed by atoms with Gasteiger partial charge in [0.15, 0.2) is 0 Å². The highest BCUT2D eigenvalue weighted by molar-refractivity contribution is 5.90. The van der Waals surface area contributed by atoms with E-state index < -0.39 is 41.2 Å². The van der Waals surface area contributed by atoms with Crippen LogP contribution in [-0.4, -0.2) is 55.1 Å². The maximum Gasteiger partial charge on any atom is 0.412 e. The maximum atomic E-state index is 15.0. The summed E-state index contributed by atoms with van der Waals surface area (Å²) >= 11 is 0. The zero-order chi connectivity index (χ0) is 28.2. The number of anilines is 2. The summed E-state index contributed by atoms with van der Waals surface area (Å²) in [6, 6.07) is 3.25. The Morgan fingerprint density at radius 2 is 1.70 bits per heavy atom. The molecule has 1 rings (SSSR count). The Morgan fingerprint density at radius 3 is 2.27 bits per heavy atom. The standard InChI is InChI=1S/C27H42FN3O6/c1-9-11-18-35-23(32)21(30-25(34)37-27(6,7)8)15-17-31(16-10-2)22-19(28)13-12-14-20(22)29-24(33)36-26(3,4)5/h10,12-14,21H,2,9,11,15-18H2,1,3-8H3,(H,29,33)(H,30,34)/t21-/m0/s1. The summed E-state index contributed by atoms with van der Waals surface area (Å²) < 4.78 is 31.0. The average Bonchev–Trinajstić information content (AvgIpc) is 2.73. The Hall–Kier alpha value is -3.30. The summed E-state index contributed by atoms with van der Waals surface area (Å²) in [5.74, 6) is -1.20. The summed E-state index contributed by atoms with van der Waals surface area (Å²) in [5, 5.41) is 5.16.